The van der Waals surface area contributed by atoms with Crippen molar-refractivity contribution in [3.05, 3.63) is 55.7 Å². The molecule has 1 N–H and O–H groups in total. The number of nitrogens with one attached hydrogen (secondary N) is 1. The highest BCUT2D eigenvalue weighted by molar-refractivity contribution is 7.16. The molecule has 0 aliphatic heterocycles. The van der Waals surface area contributed by atoms with Crippen LogP contribution in [0.2, 0.25) is 4.34 Å². The van der Waals surface area contributed by atoms with Gasteiger partial charge in [-0.1, -0.05) is 23.7 Å². The van der Waals surface area contributed by atoms with Gasteiger partial charge in [-0.15, -0.1) is 11.3 Å². The van der Waals surface area contributed by atoms with Gasteiger partial charge in [0.15, 0.2) is 0 Å². The van der Waals surface area contributed by atoms with Crippen molar-refractivity contribution in [1.82, 2.24) is 4.90 Å². The van der Waals surface area contributed by atoms with E-state index in [9.17, 15) is 14.9 Å². The zero-order valence-corrected chi connectivity index (χ0v) is 13.4. The first-order chi connectivity index (χ1) is 10.5. The van der Waals surface area contributed by atoms with Crippen LogP contribution in [0.25, 0.3) is 0 Å². The van der Waals surface area contributed by atoms with Crippen molar-refractivity contribution in [3.63, 3.8) is 0 Å². The molecule has 2 aromatic rings. The highest BCUT2D eigenvalue weighted by Gasteiger charge is 2.15. The van der Waals surface area contributed by atoms with E-state index in [4.69, 9.17) is 11.6 Å². The predicted octanol–water partition coefficient (Wildman–Crippen LogP) is 3.38. The van der Waals surface area contributed by atoms with Crippen molar-refractivity contribution in [2.75, 3.05) is 18.9 Å². The molecule has 1 aromatic carbocycles. The predicted molar refractivity (Wildman–Crippen MR) is 87.4 cm³/mol. The van der Waals surface area contributed by atoms with Gasteiger partial charge in [0.1, 0.15) is 5.69 Å². The molecule has 0 saturated carbocycles. The molecule has 0 aliphatic rings. The number of hydrogen-bond donors (Lipinski definition) is 1. The number of thiophene rings is 1. The Morgan fingerprint density at radius 2 is 2.09 bits per heavy atom. The van der Waals surface area contributed by atoms with Crippen LogP contribution in [0.15, 0.2) is 36.4 Å². The number of para-hydroxylation sites is 2. The van der Waals surface area contributed by atoms with Crippen LogP contribution in [-0.2, 0) is 11.3 Å². The summed E-state index contributed by atoms with van der Waals surface area (Å²) in [7, 11) is 1.80. The van der Waals surface area contributed by atoms with E-state index in [0.29, 0.717) is 10.9 Å². The molecule has 8 heteroatoms. The fourth-order valence-electron chi connectivity index (χ4n) is 1.93. The summed E-state index contributed by atoms with van der Waals surface area (Å²) in [5.41, 5.74) is 0.0774. The number of carbonyl (C=O) groups is 1. The van der Waals surface area contributed by atoms with E-state index in [1.165, 1.54) is 23.5 Å². The van der Waals surface area contributed by atoms with Gasteiger partial charge < -0.3 is 5.32 Å². The van der Waals surface area contributed by atoms with Crippen molar-refractivity contribution in [2.45, 2.75) is 6.54 Å². The number of carbonyl (C=O) groups excluding carboxylic acids is 1. The minimum atomic E-state index is -0.521. The van der Waals surface area contributed by atoms with E-state index in [1.807, 2.05) is 17.0 Å². The van der Waals surface area contributed by atoms with Crippen LogP contribution < -0.4 is 5.32 Å². The third-order valence-corrected chi connectivity index (χ3v) is 4.06. The van der Waals surface area contributed by atoms with Crippen molar-refractivity contribution < 1.29 is 9.72 Å². The Labute approximate surface area is 136 Å². The molecular weight excluding hydrogens is 326 g/mol. The monoisotopic (exact) mass is 339 g/mol. The van der Waals surface area contributed by atoms with Gasteiger partial charge in [0.25, 0.3) is 5.69 Å². The Kier molecular flexibility index (Phi) is 5.48. The van der Waals surface area contributed by atoms with E-state index >= 15 is 0 Å². The van der Waals surface area contributed by atoms with Crippen LogP contribution >= 0.6 is 22.9 Å². The van der Waals surface area contributed by atoms with E-state index in [1.54, 1.807) is 19.2 Å². The zero-order valence-electron chi connectivity index (χ0n) is 11.8. The second kappa shape index (κ2) is 7.35. The van der Waals surface area contributed by atoms with E-state index in [-0.39, 0.29) is 23.8 Å². The normalized spacial score (nSPS) is 10.7. The van der Waals surface area contributed by atoms with E-state index in [2.05, 4.69) is 5.32 Å². The number of nitrogens with zero attached hydrogens (tertiary/aromatic N) is 2. The number of rotatable bonds is 6. The standard InChI is InChI=1S/C14H14ClN3O3S/c1-17(8-10-6-7-13(15)22-10)9-14(19)16-11-4-2-3-5-12(11)18(20)21/h2-7H,8-9H2,1H3,(H,16,19). The van der Waals surface area contributed by atoms with Gasteiger partial charge in [0, 0.05) is 17.5 Å². The Hall–Kier alpha value is -1.96. The fraction of sp³-hybridized carbons (Fsp3) is 0.214. The summed E-state index contributed by atoms with van der Waals surface area (Å²) in [5.74, 6) is -0.306. The third kappa shape index (κ3) is 4.52. The third-order valence-electron chi connectivity index (χ3n) is 2.84. The minimum absolute atomic E-state index is 0.122. The molecule has 1 aromatic heterocycles. The number of anilines is 1. The van der Waals surface area contributed by atoms with Gasteiger partial charge in [-0.05, 0) is 25.2 Å². The second-order valence-corrected chi connectivity index (χ2v) is 6.50. The summed E-state index contributed by atoms with van der Waals surface area (Å²) in [6.45, 7) is 0.712. The molecule has 22 heavy (non-hydrogen) atoms. The lowest BCUT2D eigenvalue weighted by molar-refractivity contribution is -0.383. The molecule has 6 nitrogen and oxygen atoms in total. The van der Waals surface area contributed by atoms with Gasteiger partial charge >= 0.3 is 0 Å². The Balaban J connectivity index is 1.94. The smallest absolute Gasteiger partial charge is 0.292 e. The molecule has 0 fully saturated rings. The largest absolute Gasteiger partial charge is 0.319 e. The van der Waals surface area contributed by atoms with E-state index < -0.39 is 4.92 Å². The number of halogens is 1. The van der Waals surface area contributed by atoms with Crippen LogP contribution in [0.5, 0.6) is 0 Å². The topological polar surface area (TPSA) is 75.5 Å². The maximum atomic E-state index is 12.0. The maximum Gasteiger partial charge on any atom is 0.292 e. The first-order valence-electron chi connectivity index (χ1n) is 6.41. The Morgan fingerprint density at radius 3 is 2.73 bits per heavy atom. The maximum absolute atomic E-state index is 12.0. The minimum Gasteiger partial charge on any atom is -0.319 e. The Morgan fingerprint density at radius 1 is 1.36 bits per heavy atom. The van der Waals surface area contributed by atoms with Gasteiger partial charge in [0.2, 0.25) is 5.91 Å². The molecule has 2 rings (SSSR count). The lowest BCUT2D eigenvalue weighted by Gasteiger charge is -2.15. The highest BCUT2D eigenvalue weighted by atomic mass is 35.5. The number of nitro benzene ring substituents is 1. The average molecular weight is 340 g/mol. The molecule has 0 aliphatic carbocycles. The summed E-state index contributed by atoms with van der Waals surface area (Å²) in [6, 6.07) is 9.77. The summed E-state index contributed by atoms with van der Waals surface area (Å²) < 4.78 is 0.702. The van der Waals surface area contributed by atoms with Crippen molar-refractivity contribution in [1.29, 1.82) is 0 Å². The molecule has 0 bridgehead atoms. The van der Waals surface area contributed by atoms with Crippen LogP contribution in [0.4, 0.5) is 11.4 Å². The first-order valence-corrected chi connectivity index (χ1v) is 7.61. The lowest BCUT2D eigenvalue weighted by Crippen LogP contribution is -2.29. The molecule has 0 spiro atoms. The molecule has 116 valence electrons. The van der Waals surface area contributed by atoms with Crippen molar-refractivity contribution in [3.8, 4) is 0 Å². The second-order valence-electron chi connectivity index (χ2n) is 4.70. The molecule has 0 unspecified atom stereocenters. The Bertz CT molecular complexity index is 689. The SMILES string of the molecule is CN(CC(=O)Nc1ccccc1[N+](=O)[O-])Cc1ccc(Cl)s1. The molecule has 0 radical (unpaired) electrons. The van der Waals surface area contributed by atoms with Crippen LogP contribution in [-0.4, -0.2) is 29.3 Å². The van der Waals surface area contributed by atoms with E-state index in [0.717, 1.165) is 4.88 Å². The number of nitro groups is 1. The number of amides is 1. The van der Waals surface area contributed by atoms with Crippen LogP contribution in [0, 0.1) is 10.1 Å². The van der Waals surface area contributed by atoms with Crippen molar-refractivity contribution in [2.24, 2.45) is 0 Å². The fourth-order valence-corrected chi connectivity index (χ4v) is 3.10. The first kappa shape index (κ1) is 16.4. The summed E-state index contributed by atoms with van der Waals surface area (Å²) in [4.78, 5) is 25.2. The molecule has 0 atom stereocenters. The molecular formula is C14H14ClN3O3S. The molecule has 1 heterocycles. The summed E-state index contributed by atoms with van der Waals surface area (Å²) >= 11 is 7.32. The van der Waals surface area contributed by atoms with Crippen LogP contribution in [0.3, 0.4) is 0 Å². The van der Waals surface area contributed by atoms with Gasteiger partial charge in [0.05, 0.1) is 15.8 Å². The van der Waals surface area contributed by atoms with Gasteiger partial charge in [-0.3, -0.25) is 19.8 Å². The molecule has 0 saturated heterocycles. The number of hydrogen-bond acceptors (Lipinski definition) is 5. The van der Waals surface area contributed by atoms with Gasteiger partial charge in [-0.2, -0.15) is 0 Å². The number of benzene rings is 1. The summed E-state index contributed by atoms with van der Waals surface area (Å²) in [6.07, 6.45) is 0. The quantitative estimate of drug-likeness (QED) is 0.646. The van der Waals surface area contributed by atoms with Gasteiger partial charge in [-0.25, -0.2) is 0 Å². The average Bonchev–Trinajstić information content (AvgIpc) is 2.83. The molecule has 1 amide bonds. The number of likely N-dealkylation sites (N-methyl/N-ethyl adjacent to an activating group) is 1. The van der Waals surface area contributed by atoms with Crippen LogP contribution in [0.1, 0.15) is 4.88 Å². The van der Waals surface area contributed by atoms with Crippen molar-refractivity contribution >= 4 is 40.2 Å². The summed E-state index contributed by atoms with van der Waals surface area (Å²) in [5, 5.41) is 13.5. The zero-order chi connectivity index (χ0) is 16.1. The lowest BCUT2D eigenvalue weighted by atomic mass is 10.2. The highest BCUT2D eigenvalue weighted by Crippen LogP contribution is 2.24.